The van der Waals surface area contributed by atoms with E-state index in [0.29, 0.717) is 24.6 Å². The molecule has 0 saturated carbocycles. The second-order valence-electron chi connectivity index (χ2n) is 3.63. The van der Waals surface area contributed by atoms with E-state index in [1.54, 1.807) is 0 Å². The van der Waals surface area contributed by atoms with E-state index < -0.39 is 9.84 Å². The van der Waals surface area contributed by atoms with Crippen molar-refractivity contribution in [2.75, 3.05) is 31.2 Å². The van der Waals surface area contributed by atoms with Gasteiger partial charge in [0.25, 0.3) is 0 Å². The number of sulfone groups is 1. The molecule has 0 aliphatic carbocycles. The fraction of sp³-hybridized carbons (Fsp3) is 0.875. The maximum atomic E-state index is 11.1. The van der Waals surface area contributed by atoms with Crippen molar-refractivity contribution >= 4 is 27.2 Å². The van der Waals surface area contributed by atoms with Crippen LogP contribution in [0.4, 0.5) is 0 Å². The summed E-state index contributed by atoms with van der Waals surface area (Å²) in [5.74, 6) is 0.697. The zero-order valence-corrected chi connectivity index (χ0v) is 10.0. The van der Waals surface area contributed by atoms with Gasteiger partial charge in [0.15, 0.2) is 14.9 Å². The molecule has 0 amide bonds. The van der Waals surface area contributed by atoms with E-state index in [0.717, 1.165) is 0 Å². The highest BCUT2D eigenvalue weighted by Crippen LogP contribution is 2.17. The molecule has 15 heavy (non-hydrogen) atoms. The van der Waals surface area contributed by atoms with Gasteiger partial charge in [-0.25, -0.2) is 8.42 Å². The summed E-state index contributed by atoms with van der Waals surface area (Å²) in [6.07, 6.45) is 0.706. The Balaban J connectivity index is 2.18. The predicted molar refractivity (Wildman–Crippen MR) is 62.5 cm³/mol. The van der Waals surface area contributed by atoms with E-state index in [4.69, 9.17) is 17.3 Å². The largest absolute Gasteiger partial charge is 0.395 e. The van der Waals surface area contributed by atoms with Crippen LogP contribution in [-0.2, 0) is 9.84 Å². The van der Waals surface area contributed by atoms with Gasteiger partial charge < -0.3 is 15.7 Å². The van der Waals surface area contributed by atoms with Gasteiger partial charge in [0.1, 0.15) is 0 Å². The van der Waals surface area contributed by atoms with Crippen LogP contribution in [0.5, 0.6) is 0 Å². The van der Waals surface area contributed by atoms with Crippen molar-refractivity contribution in [1.29, 1.82) is 0 Å². The average Bonchev–Trinajstić information content (AvgIpc) is 2.52. The van der Waals surface area contributed by atoms with E-state index in [1.807, 2.05) is 0 Å². The van der Waals surface area contributed by atoms with Crippen molar-refractivity contribution < 1.29 is 13.5 Å². The zero-order chi connectivity index (χ0) is 11.3. The molecule has 1 unspecified atom stereocenters. The van der Waals surface area contributed by atoms with E-state index >= 15 is 0 Å². The Morgan fingerprint density at radius 1 is 1.47 bits per heavy atom. The third kappa shape index (κ3) is 4.76. The molecule has 1 atom stereocenters. The average molecular weight is 252 g/mol. The Hall–Kier alpha value is -0.400. The number of hydrogen-bond donors (Lipinski definition) is 3. The highest BCUT2D eigenvalue weighted by molar-refractivity contribution is 7.91. The van der Waals surface area contributed by atoms with E-state index in [1.165, 1.54) is 0 Å². The van der Waals surface area contributed by atoms with Crippen LogP contribution < -0.4 is 10.6 Å². The molecule has 7 heteroatoms. The molecule has 0 aromatic heterocycles. The molecule has 3 N–H and O–H groups in total. The topological polar surface area (TPSA) is 78.4 Å². The molecule has 0 aromatic carbocycles. The Labute approximate surface area is 95.2 Å². The molecule has 0 radical (unpaired) electrons. The molecule has 1 aliphatic rings. The molecule has 0 bridgehead atoms. The number of hydrogen-bond acceptors (Lipinski definition) is 4. The Bertz CT molecular complexity index is 316. The van der Waals surface area contributed by atoms with Crippen LogP contribution in [0.15, 0.2) is 0 Å². The van der Waals surface area contributed by atoms with E-state index in [9.17, 15) is 8.42 Å². The molecule has 1 saturated heterocycles. The number of nitrogens with one attached hydrogen (secondary N) is 2. The monoisotopic (exact) mass is 252 g/mol. The van der Waals surface area contributed by atoms with Crippen molar-refractivity contribution in [3.63, 3.8) is 0 Å². The summed E-state index contributed by atoms with van der Waals surface area (Å²) < 4.78 is 22.3. The molecule has 5 nitrogen and oxygen atoms in total. The zero-order valence-electron chi connectivity index (χ0n) is 8.40. The van der Waals surface area contributed by atoms with Crippen LogP contribution in [0, 0.1) is 5.92 Å². The van der Waals surface area contributed by atoms with Crippen LogP contribution in [0.25, 0.3) is 0 Å². The lowest BCUT2D eigenvalue weighted by Crippen LogP contribution is -2.39. The molecular weight excluding hydrogens is 236 g/mol. The smallest absolute Gasteiger partial charge is 0.166 e. The first-order chi connectivity index (χ1) is 7.03. The van der Waals surface area contributed by atoms with Crippen molar-refractivity contribution in [3.05, 3.63) is 0 Å². The first-order valence-corrected chi connectivity index (χ1v) is 7.09. The summed E-state index contributed by atoms with van der Waals surface area (Å²) in [6, 6.07) is 0. The van der Waals surface area contributed by atoms with Crippen LogP contribution in [0.2, 0.25) is 0 Å². The number of aliphatic hydroxyl groups excluding tert-OH is 1. The highest BCUT2D eigenvalue weighted by atomic mass is 32.2. The second kappa shape index (κ2) is 5.62. The first kappa shape index (κ1) is 12.7. The summed E-state index contributed by atoms with van der Waals surface area (Å²) in [5.41, 5.74) is 0. The molecular formula is C8H16N2O3S2. The number of rotatable bonds is 4. The van der Waals surface area contributed by atoms with Gasteiger partial charge in [-0.15, -0.1) is 0 Å². The lowest BCUT2D eigenvalue weighted by Gasteiger charge is -2.12. The third-order valence-corrected chi connectivity index (χ3v) is 4.40. The second-order valence-corrected chi connectivity index (χ2v) is 6.27. The van der Waals surface area contributed by atoms with Crippen molar-refractivity contribution in [2.24, 2.45) is 5.92 Å². The van der Waals surface area contributed by atoms with Crippen LogP contribution in [-0.4, -0.2) is 49.8 Å². The minimum atomic E-state index is -2.80. The molecule has 1 fully saturated rings. The molecule has 88 valence electrons. The fourth-order valence-corrected chi connectivity index (χ4v) is 3.55. The molecule has 1 aliphatic heterocycles. The van der Waals surface area contributed by atoms with Gasteiger partial charge in [-0.05, 0) is 24.6 Å². The maximum absolute atomic E-state index is 11.1. The molecule has 0 spiro atoms. The van der Waals surface area contributed by atoms with Gasteiger partial charge in [0, 0.05) is 13.1 Å². The Morgan fingerprint density at radius 2 is 2.20 bits per heavy atom. The van der Waals surface area contributed by atoms with Crippen molar-refractivity contribution in [2.45, 2.75) is 6.42 Å². The van der Waals surface area contributed by atoms with E-state index in [2.05, 4.69) is 10.6 Å². The normalized spacial score (nSPS) is 23.7. The van der Waals surface area contributed by atoms with Gasteiger partial charge in [0.05, 0.1) is 18.1 Å². The quantitative estimate of drug-likeness (QED) is 0.550. The standard InChI is InChI=1S/C8H16N2O3S2/c11-3-2-9-8(14)10-5-7-1-4-15(12,13)6-7/h7,11H,1-6H2,(H2,9,10,14). The lowest BCUT2D eigenvalue weighted by molar-refractivity contribution is 0.300. The summed E-state index contributed by atoms with van der Waals surface area (Å²) in [6.45, 7) is 1.02. The van der Waals surface area contributed by atoms with Gasteiger partial charge in [-0.1, -0.05) is 0 Å². The molecule has 1 rings (SSSR count). The Morgan fingerprint density at radius 3 is 2.73 bits per heavy atom. The van der Waals surface area contributed by atoms with E-state index in [-0.39, 0.29) is 24.0 Å². The minimum absolute atomic E-state index is 0.0274. The number of aliphatic hydroxyl groups is 1. The first-order valence-electron chi connectivity index (χ1n) is 4.86. The van der Waals surface area contributed by atoms with Crippen LogP contribution in [0.1, 0.15) is 6.42 Å². The molecule has 1 heterocycles. The minimum Gasteiger partial charge on any atom is -0.395 e. The van der Waals surface area contributed by atoms with Gasteiger partial charge in [-0.3, -0.25) is 0 Å². The van der Waals surface area contributed by atoms with Crippen LogP contribution in [0.3, 0.4) is 0 Å². The van der Waals surface area contributed by atoms with Gasteiger partial charge in [0.2, 0.25) is 0 Å². The number of thiocarbonyl (C=S) groups is 1. The maximum Gasteiger partial charge on any atom is 0.166 e. The lowest BCUT2D eigenvalue weighted by atomic mass is 10.1. The summed E-state index contributed by atoms with van der Waals surface area (Å²) in [5, 5.41) is 14.7. The van der Waals surface area contributed by atoms with Gasteiger partial charge in [-0.2, -0.15) is 0 Å². The molecule has 0 aromatic rings. The van der Waals surface area contributed by atoms with Crippen molar-refractivity contribution in [1.82, 2.24) is 10.6 Å². The van der Waals surface area contributed by atoms with Crippen LogP contribution >= 0.6 is 12.2 Å². The third-order valence-electron chi connectivity index (χ3n) is 2.28. The highest BCUT2D eigenvalue weighted by Gasteiger charge is 2.27. The van der Waals surface area contributed by atoms with Gasteiger partial charge >= 0.3 is 0 Å². The summed E-state index contributed by atoms with van der Waals surface area (Å²) >= 11 is 4.93. The SMILES string of the molecule is O=S1(=O)CCC(CNC(=S)NCCO)C1. The fourth-order valence-electron chi connectivity index (χ4n) is 1.50. The predicted octanol–water partition coefficient (Wildman–Crippen LogP) is -1.12. The Kier molecular flexibility index (Phi) is 4.75. The van der Waals surface area contributed by atoms with Crippen molar-refractivity contribution in [3.8, 4) is 0 Å². The summed E-state index contributed by atoms with van der Waals surface area (Å²) in [4.78, 5) is 0. The summed E-state index contributed by atoms with van der Waals surface area (Å²) in [7, 11) is -2.80.